The average molecular weight is 267 g/mol. The van der Waals surface area contributed by atoms with Crippen molar-refractivity contribution < 1.29 is 4.74 Å². The Morgan fingerprint density at radius 2 is 2.05 bits per heavy atom. The van der Waals surface area contributed by atoms with Gasteiger partial charge in [-0.15, -0.1) is 0 Å². The number of benzene rings is 2. The summed E-state index contributed by atoms with van der Waals surface area (Å²) >= 11 is 0. The molecule has 0 bridgehead atoms. The molecule has 0 unspecified atom stereocenters. The van der Waals surface area contributed by atoms with Crippen molar-refractivity contribution in [2.45, 2.75) is 13.8 Å². The minimum atomic E-state index is 0.420. The van der Waals surface area contributed by atoms with Crippen molar-refractivity contribution in [3.05, 3.63) is 47.5 Å². The van der Waals surface area contributed by atoms with E-state index in [1.54, 1.807) is 0 Å². The van der Waals surface area contributed by atoms with Gasteiger partial charge in [0.25, 0.3) is 0 Å². The third-order valence-electron chi connectivity index (χ3n) is 3.48. The highest BCUT2D eigenvalue weighted by Crippen LogP contribution is 2.30. The predicted molar refractivity (Wildman–Crippen MR) is 83.0 cm³/mol. The molecule has 0 saturated heterocycles. The van der Waals surface area contributed by atoms with Crippen molar-refractivity contribution in [3.8, 4) is 5.75 Å². The number of nitrogens with zero attached hydrogens (tertiary/aromatic N) is 1. The van der Waals surface area contributed by atoms with Crippen LogP contribution in [0.1, 0.15) is 11.1 Å². The predicted octanol–water partition coefficient (Wildman–Crippen LogP) is 3.42. The number of aryl methyl sites for hydroxylation is 1. The highest BCUT2D eigenvalue weighted by Gasteiger charge is 2.15. The van der Waals surface area contributed by atoms with Crippen LogP contribution in [-0.2, 0) is 0 Å². The first kappa shape index (κ1) is 12.5. The lowest BCUT2D eigenvalue weighted by Gasteiger charge is -2.21. The number of nitrogens with one attached hydrogen (secondary N) is 1. The monoisotopic (exact) mass is 267 g/mol. The van der Waals surface area contributed by atoms with Gasteiger partial charge in [-0.3, -0.25) is 0 Å². The number of anilines is 2. The van der Waals surface area contributed by atoms with Crippen molar-refractivity contribution in [2.75, 3.05) is 17.7 Å². The van der Waals surface area contributed by atoms with Crippen molar-refractivity contribution in [1.82, 2.24) is 0 Å². The van der Waals surface area contributed by atoms with Crippen LogP contribution in [0.5, 0.6) is 5.75 Å². The van der Waals surface area contributed by atoms with Crippen molar-refractivity contribution >= 4 is 22.9 Å². The molecule has 0 fully saturated rings. The first-order chi connectivity index (χ1) is 9.63. The van der Waals surface area contributed by atoms with Gasteiger partial charge >= 0.3 is 0 Å². The first-order valence-corrected chi connectivity index (χ1v) is 6.56. The molecule has 3 rings (SSSR count). The summed E-state index contributed by atoms with van der Waals surface area (Å²) in [7, 11) is 0. The zero-order valence-electron chi connectivity index (χ0n) is 11.6. The summed E-state index contributed by atoms with van der Waals surface area (Å²) in [6.45, 7) is 4.58. The third-order valence-corrected chi connectivity index (χ3v) is 3.48. The number of rotatable bonds is 1. The van der Waals surface area contributed by atoms with Crippen LogP contribution in [0.15, 0.2) is 41.4 Å². The van der Waals surface area contributed by atoms with Crippen molar-refractivity contribution in [3.63, 3.8) is 0 Å². The fraction of sp³-hybridized carbons (Fsp3) is 0.188. The van der Waals surface area contributed by atoms with Crippen LogP contribution in [-0.4, -0.2) is 12.4 Å². The highest BCUT2D eigenvalue weighted by atomic mass is 16.5. The molecule has 1 aliphatic heterocycles. The molecular formula is C16H17N3O. The Morgan fingerprint density at radius 1 is 1.20 bits per heavy atom. The summed E-state index contributed by atoms with van der Waals surface area (Å²) in [4.78, 5) is 4.65. The van der Waals surface area contributed by atoms with E-state index >= 15 is 0 Å². The molecule has 0 aromatic heterocycles. The Kier molecular flexibility index (Phi) is 3.06. The fourth-order valence-electron chi connectivity index (χ4n) is 2.16. The molecule has 4 heteroatoms. The van der Waals surface area contributed by atoms with Crippen LogP contribution < -0.4 is 15.8 Å². The molecule has 2 aromatic rings. The third kappa shape index (κ3) is 2.32. The second-order valence-corrected chi connectivity index (χ2v) is 4.95. The fourth-order valence-corrected chi connectivity index (χ4v) is 2.16. The molecule has 4 nitrogen and oxygen atoms in total. The summed E-state index contributed by atoms with van der Waals surface area (Å²) in [6.07, 6.45) is 0. The maximum Gasteiger partial charge on any atom is 0.146 e. The van der Waals surface area contributed by atoms with Gasteiger partial charge in [-0.25, -0.2) is 4.99 Å². The standard InChI is InChI=1S/C16H17N3O/c1-10-4-3-5-13(11(10)2)18-16-9-20-15-8-12(17)6-7-14(15)19-16/h3-8H,9,17H2,1-2H3,(H,18,19). The smallest absolute Gasteiger partial charge is 0.146 e. The van der Waals surface area contributed by atoms with E-state index in [1.807, 2.05) is 30.3 Å². The van der Waals surface area contributed by atoms with Gasteiger partial charge in [-0.05, 0) is 43.2 Å². The molecule has 0 aliphatic carbocycles. The average Bonchev–Trinajstić information content (AvgIpc) is 2.44. The van der Waals surface area contributed by atoms with E-state index in [-0.39, 0.29) is 0 Å². The molecule has 3 N–H and O–H groups in total. The second kappa shape index (κ2) is 4.89. The lowest BCUT2D eigenvalue weighted by molar-refractivity contribution is 0.372. The van der Waals surface area contributed by atoms with E-state index in [2.05, 4.69) is 30.2 Å². The lowest BCUT2D eigenvalue weighted by Crippen LogP contribution is -2.25. The molecule has 102 valence electrons. The van der Waals surface area contributed by atoms with E-state index in [1.165, 1.54) is 11.1 Å². The Morgan fingerprint density at radius 3 is 2.90 bits per heavy atom. The molecule has 20 heavy (non-hydrogen) atoms. The maximum absolute atomic E-state index is 5.74. The Balaban J connectivity index is 1.92. The van der Waals surface area contributed by atoms with Gasteiger partial charge in [-0.1, -0.05) is 12.1 Å². The number of nitrogens with two attached hydrogens (primary N) is 1. The molecule has 0 atom stereocenters. The van der Waals surface area contributed by atoms with Gasteiger partial charge in [0, 0.05) is 11.8 Å². The lowest BCUT2D eigenvalue weighted by atomic mass is 10.1. The van der Waals surface area contributed by atoms with Crippen molar-refractivity contribution in [2.24, 2.45) is 4.99 Å². The van der Waals surface area contributed by atoms with Crippen molar-refractivity contribution in [1.29, 1.82) is 0 Å². The van der Waals surface area contributed by atoms with Gasteiger partial charge in [0.2, 0.25) is 0 Å². The number of hydrogen-bond donors (Lipinski definition) is 2. The van der Waals surface area contributed by atoms with Crippen LogP contribution in [0.4, 0.5) is 17.1 Å². The molecule has 2 aromatic carbocycles. The molecular weight excluding hydrogens is 250 g/mol. The number of amidine groups is 1. The van der Waals surface area contributed by atoms with Gasteiger partial charge in [0.1, 0.15) is 18.2 Å². The van der Waals surface area contributed by atoms with Gasteiger partial charge in [0.05, 0.1) is 11.4 Å². The molecule has 0 radical (unpaired) electrons. The molecule has 0 spiro atoms. The molecule has 0 saturated carbocycles. The van der Waals surface area contributed by atoms with Crippen LogP contribution in [0.25, 0.3) is 0 Å². The summed E-state index contributed by atoms with van der Waals surface area (Å²) in [5.74, 6) is 1.57. The number of ether oxygens (including phenoxy) is 1. The van der Waals surface area contributed by atoms with E-state index in [4.69, 9.17) is 10.5 Å². The summed E-state index contributed by atoms with van der Waals surface area (Å²) in [5.41, 5.74) is 10.7. The topological polar surface area (TPSA) is 59.6 Å². The summed E-state index contributed by atoms with van der Waals surface area (Å²) in [5, 5.41) is 3.29. The minimum Gasteiger partial charge on any atom is -0.483 e. The first-order valence-electron chi connectivity index (χ1n) is 6.56. The van der Waals surface area contributed by atoms with Gasteiger partial charge in [0.15, 0.2) is 0 Å². The van der Waals surface area contributed by atoms with Gasteiger partial charge in [-0.2, -0.15) is 0 Å². The summed E-state index contributed by atoms with van der Waals surface area (Å²) < 4.78 is 5.69. The second-order valence-electron chi connectivity index (χ2n) is 4.95. The molecule has 1 heterocycles. The van der Waals surface area contributed by atoms with Crippen LogP contribution in [0.3, 0.4) is 0 Å². The van der Waals surface area contributed by atoms with Gasteiger partial charge < -0.3 is 15.8 Å². The van der Waals surface area contributed by atoms with E-state index < -0.39 is 0 Å². The Hall–Kier alpha value is -2.49. The summed E-state index contributed by atoms with van der Waals surface area (Å²) in [6, 6.07) is 11.7. The zero-order chi connectivity index (χ0) is 14.1. The SMILES string of the molecule is Cc1cccc(N=C2COc3cc(N)ccc3N2)c1C. The minimum absolute atomic E-state index is 0.420. The Bertz CT molecular complexity index is 692. The van der Waals surface area contributed by atoms with E-state index in [0.29, 0.717) is 12.3 Å². The normalized spacial score (nSPS) is 15.4. The van der Waals surface area contributed by atoms with Crippen LogP contribution in [0, 0.1) is 13.8 Å². The van der Waals surface area contributed by atoms with E-state index in [9.17, 15) is 0 Å². The zero-order valence-corrected chi connectivity index (χ0v) is 11.6. The van der Waals surface area contributed by atoms with Crippen LogP contribution >= 0.6 is 0 Å². The largest absolute Gasteiger partial charge is 0.483 e. The number of aliphatic imine (C=N–C) groups is 1. The highest BCUT2D eigenvalue weighted by molar-refractivity contribution is 6.01. The number of nitrogen functional groups attached to an aromatic ring is 1. The van der Waals surface area contributed by atoms with Crippen LogP contribution in [0.2, 0.25) is 0 Å². The molecule has 0 amide bonds. The number of fused-ring (bicyclic) bond motifs is 1. The van der Waals surface area contributed by atoms with E-state index in [0.717, 1.165) is 23.0 Å². The molecule has 1 aliphatic rings. The Labute approximate surface area is 118 Å². The quantitative estimate of drug-likeness (QED) is 0.778. The maximum atomic E-state index is 5.74. The number of hydrogen-bond acceptors (Lipinski definition) is 3.